The van der Waals surface area contributed by atoms with E-state index in [2.05, 4.69) is 0 Å². The van der Waals surface area contributed by atoms with E-state index in [1.54, 1.807) is 35.0 Å². The zero-order chi connectivity index (χ0) is 30.1. The molecule has 2 N–H and O–H groups in total. The summed E-state index contributed by atoms with van der Waals surface area (Å²) < 4.78 is 39.8. The lowest BCUT2D eigenvalue weighted by molar-refractivity contribution is -0.138. The third-order valence-corrected chi connectivity index (χ3v) is 6.68. The van der Waals surface area contributed by atoms with Crippen molar-refractivity contribution in [3.63, 3.8) is 0 Å². The van der Waals surface area contributed by atoms with Crippen LogP contribution in [0.15, 0.2) is 72.9 Å². The molecule has 4 aromatic rings. The molecule has 0 radical (unpaired) electrons. The normalized spacial score (nSPS) is 11.5. The first-order valence-electron chi connectivity index (χ1n) is 13.1. The van der Waals surface area contributed by atoms with Gasteiger partial charge < -0.3 is 24.3 Å². The Balaban J connectivity index is 1.37. The summed E-state index contributed by atoms with van der Waals surface area (Å²) in [5.74, 6) is -3.05. The van der Waals surface area contributed by atoms with Crippen molar-refractivity contribution in [1.82, 2.24) is 4.57 Å². The first-order chi connectivity index (χ1) is 20.2. The third kappa shape index (κ3) is 7.98. The molecule has 0 aliphatic carbocycles. The van der Waals surface area contributed by atoms with E-state index in [4.69, 9.17) is 26.2 Å². The van der Waals surface area contributed by atoms with Crippen molar-refractivity contribution in [2.24, 2.45) is 0 Å². The molecule has 1 aromatic heterocycles. The molecule has 0 spiro atoms. The molecule has 7 nitrogen and oxygen atoms in total. The first-order valence-corrected chi connectivity index (χ1v) is 13.5. The largest absolute Gasteiger partial charge is 0.490 e. The molecule has 0 unspecified atom stereocenters. The Morgan fingerprint density at radius 2 is 1.60 bits per heavy atom. The van der Waals surface area contributed by atoms with Crippen molar-refractivity contribution in [2.75, 3.05) is 13.2 Å². The van der Waals surface area contributed by atoms with Gasteiger partial charge in [-0.1, -0.05) is 54.1 Å². The fourth-order valence-corrected chi connectivity index (χ4v) is 4.62. The van der Waals surface area contributed by atoms with Gasteiger partial charge in [-0.3, -0.25) is 9.59 Å². The number of ether oxygens (including phenoxy) is 2. The number of aromatic nitrogens is 1. The van der Waals surface area contributed by atoms with Crippen molar-refractivity contribution in [2.45, 2.75) is 25.8 Å². The molecule has 10 heteroatoms. The smallest absolute Gasteiger partial charge is 0.323 e. The summed E-state index contributed by atoms with van der Waals surface area (Å²) in [6.45, 7) is 0.0111. The third-order valence-electron chi connectivity index (χ3n) is 6.33. The monoisotopic (exact) mass is 595 g/mol. The van der Waals surface area contributed by atoms with Crippen LogP contribution < -0.4 is 9.47 Å². The quantitative estimate of drug-likeness (QED) is 0.0905. The van der Waals surface area contributed by atoms with Crippen LogP contribution in [-0.2, 0) is 22.6 Å². The van der Waals surface area contributed by atoms with Gasteiger partial charge in [0.05, 0.1) is 5.52 Å². The summed E-state index contributed by atoms with van der Waals surface area (Å²) in [6, 6.07) is 15.0. The van der Waals surface area contributed by atoms with Gasteiger partial charge in [0.25, 0.3) is 0 Å². The number of hydrogen-bond acceptors (Lipinski definition) is 4. The highest BCUT2D eigenvalue weighted by Crippen LogP contribution is 2.30. The lowest BCUT2D eigenvalue weighted by Gasteiger charge is -2.07. The zero-order valence-corrected chi connectivity index (χ0v) is 23.2. The maximum atomic E-state index is 13.7. The van der Waals surface area contributed by atoms with E-state index in [9.17, 15) is 23.5 Å². The molecule has 1 heterocycles. The standard InChI is InChI=1S/C32H28ClF2NO6/c33-30-26(34)15-16-27(35)32(30)42-18-2-1-17-41-24-13-10-21(11-14-24)9-12-22-5-3-7-25-23(6-4-8-28(37)38)19-36(31(22)25)20-29(39)40/h1-3,5,7,9-16,19H,4,6,8,17-18,20H2,(H,37,38)(H,39,40)/b2-1+,12-9+. The number of benzene rings is 3. The van der Waals surface area contributed by atoms with Crippen LogP contribution in [0.4, 0.5) is 8.78 Å². The minimum Gasteiger partial charge on any atom is -0.490 e. The van der Waals surface area contributed by atoms with Gasteiger partial charge >= 0.3 is 11.9 Å². The van der Waals surface area contributed by atoms with Crippen LogP contribution >= 0.6 is 11.6 Å². The number of carbonyl (C=O) groups is 2. The Kier molecular flexibility index (Phi) is 10.3. The summed E-state index contributed by atoms with van der Waals surface area (Å²) in [4.78, 5) is 22.4. The molecule has 42 heavy (non-hydrogen) atoms. The molecular formula is C32H28ClF2NO6. The second-order valence-electron chi connectivity index (χ2n) is 9.33. The fraction of sp³-hybridized carbons (Fsp3) is 0.188. The minimum absolute atomic E-state index is 0.0143. The van der Waals surface area contributed by atoms with Crippen molar-refractivity contribution in [1.29, 1.82) is 0 Å². The van der Waals surface area contributed by atoms with E-state index >= 15 is 0 Å². The van der Waals surface area contributed by atoms with E-state index in [0.717, 1.165) is 39.7 Å². The van der Waals surface area contributed by atoms with Crippen molar-refractivity contribution >= 4 is 46.6 Å². The maximum Gasteiger partial charge on any atom is 0.323 e. The van der Waals surface area contributed by atoms with Gasteiger partial charge in [-0.05, 0) is 65.9 Å². The van der Waals surface area contributed by atoms with Gasteiger partial charge in [0.15, 0.2) is 11.6 Å². The van der Waals surface area contributed by atoms with Crippen LogP contribution in [0.2, 0.25) is 5.02 Å². The Bertz CT molecular complexity index is 1630. The highest BCUT2D eigenvalue weighted by Gasteiger charge is 2.14. The number of carboxylic acids is 2. The SMILES string of the molecule is O=C(O)CCCc1cn(CC(=O)O)c2c(/C=C/c3ccc(OC/C=C/COc4c(F)ccc(F)c4Cl)cc3)cccc12. The van der Waals surface area contributed by atoms with Crippen LogP contribution in [0.3, 0.4) is 0 Å². The predicted octanol–water partition coefficient (Wildman–Crippen LogP) is 7.25. The number of hydrogen-bond donors (Lipinski definition) is 2. The van der Waals surface area contributed by atoms with Crippen LogP contribution in [0.25, 0.3) is 23.1 Å². The number of fused-ring (bicyclic) bond motifs is 1. The number of nitrogens with zero attached hydrogens (tertiary/aromatic N) is 1. The van der Waals surface area contributed by atoms with Gasteiger partial charge in [0, 0.05) is 18.0 Å². The van der Waals surface area contributed by atoms with E-state index in [0.29, 0.717) is 18.6 Å². The summed E-state index contributed by atoms with van der Waals surface area (Å²) >= 11 is 5.73. The number of halogens is 3. The predicted molar refractivity (Wildman–Crippen MR) is 157 cm³/mol. The second-order valence-corrected chi connectivity index (χ2v) is 9.71. The highest BCUT2D eigenvalue weighted by atomic mass is 35.5. The van der Waals surface area contributed by atoms with Crippen LogP contribution in [0.1, 0.15) is 29.5 Å². The molecular weight excluding hydrogens is 568 g/mol. The number of para-hydroxylation sites is 1. The molecule has 0 saturated carbocycles. The molecule has 0 aliphatic heterocycles. The van der Waals surface area contributed by atoms with Gasteiger partial charge in [-0.25, -0.2) is 8.78 Å². The van der Waals surface area contributed by atoms with Gasteiger partial charge in [-0.15, -0.1) is 0 Å². The van der Waals surface area contributed by atoms with Gasteiger partial charge in [-0.2, -0.15) is 0 Å². The number of aryl methyl sites for hydroxylation is 1. The highest BCUT2D eigenvalue weighted by molar-refractivity contribution is 6.32. The number of rotatable bonds is 14. The molecule has 0 amide bonds. The molecule has 4 rings (SSSR count). The number of carboxylic acid groups (broad SMARTS) is 2. The molecule has 0 atom stereocenters. The van der Waals surface area contributed by atoms with E-state index in [-0.39, 0.29) is 31.9 Å². The molecule has 0 aliphatic rings. The summed E-state index contributed by atoms with van der Waals surface area (Å²) in [6.07, 6.45) is 9.94. The minimum atomic E-state index is -0.967. The number of aliphatic carboxylic acids is 2. The van der Waals surface area contributed by atoms with Crippen molar-refractivity contribution in [3.05, 3.63) is 106 Å². The summed E-state index contributed by atoms with van der Waals surface area (Å²) in [5, 5.41) is 18.9. The van der Waals surface area contributed by atoms with Crippen LogP contribution in [-0.4, -0.2) is 39.9 Å². The molecule has 3 aromatic carbocycles. The van der Waals surface area contributed by atoms with Crippen LogP contribution in [0, 0.1) is 11.6 Å². The van der Waals surface area contributed by atoms with Crippen molar-refractivity contribution < 1.29 is 38.1 Å². The first kappa shape index (κ1) is 30.3. The summed E-state index contributed by atoms with van der Waals surface area (Å²) in [7, 11) is 0. The Hall–Kier alpha value is -4.63. The Morgan fingerprint density at radius 1 is 0.881 bits per heavy atom. The molecule has 0 fully saturated rings. The maximum absolute atomic E-state index is 13.7. The van der Waals surface area contributed by atoms with Gasteiger partial charge in [0.1, 0.15) is 36.3 Å². The lowest BCUT2D eigenvalue weighted by atomic mass is 10.0. The van der Waals surface area contributed by atoms with E-state index in [1.165, 1.54) is 0 Å². The molecule has 218 valence electrons. The Morgan fingerprint density at radius 3 is 2.31 bits per heavy atom. The fourth-order valence-electron chi connectivity index (χ4n) is 4.41. The molecule has 0 saturated heterocycles. The average Bonchev–Trinajstić information content (AvgIpc) is 3.30. The van der Waals surface area contributed by atoms with E-state index in [1.807, 2.05) is 42.5 Å². The van der Waals surface area contributed by atoms with Crippen LogP contribution in [0.5, 0.6) is 11.5 Å². The van der Waals surface area contributed by atoms with Crippen molar-refractivity contribution in [3.8, 4) is 11.5 Å². The van der Waals surface area contributed by atoms with E-state index < -0.39 is 28.6 Å². The van der Waals surface area contributed by atoms with Gasteiger partial charge in [0.2, 0.25) is 0 Å². The topological polar surface area (TPSA) is 98.0 Å². The lowest BCUT2D eigenvalue weighted by Crippen LogP contribution is -2.07. The second kappa shape index (κ2) is 14.3. The summed E-state index contributed by atoms with van der Waals surface area (Å²) in [5.41, 5.74) is 3.43. The zero-order valence-electron chi connectivity index (χ0n) is 22.4. The average molecular weight is 596 g/mol. The molecule has 0 bridgehead atoms. The Labute approximate surface area is 245 Å².